The molecular formula is C26H25FN6O5. The highest BCUT2D eigenvalue weighted by Crippen LogP contribution is 2.47. The fourth-order valence-electron chi connectivity index (χ4n) is 4.52. The number of nitrogens with one attached hydrogen (secondary N) is 1. The number of carbonyl (C=O) groups is 2. The molecule has 2 aromatic heterocycles. The number of amides is 2. The lowest BCUT2D eigenvalue weighted by molar-refractivity contribution is -0.138. The number of piperidine rings is 1. The third-order valence-corrected chi connectivity index (χ3v) is 6.68. The summed E-state index contributed by atoms with van der Waals surface area (Å²) in [5, 5.41) is 29.3. The largest absolute Gasteiger partial charge is 0.486 e. The second-order valence-corrected chi connectivity index (χ2v) is 9.31. The highest BCUT2D eigenvalue weighted by Gasteiger charge is 2.47. The zero-order valence-corrected chi connectivity index (χ0v) is 20.5. The first-order chi connectivity index (χ1) is 18.4. The lowest BCUT2D eigenvalue weighted by Crippen LogP contribution is -2.50. The molecule has 2 N–H and O–H groups in total. The second kappa shape index (κ2) is 10.5. The molecule has 2 fully saturated rings. The number of pyridine rings is 1. The van der Waals surface area contributed by atoms with Gasteiger partial charge >= 0.3 is 0 Å². The van der Waals surface area contributed by atoms with E-state index in [0.717, 1.165) is 5.56 Å². The van der Waals surface area contributed by atoms with Crippen LogP contribution in [0.5, 0.6) is 5.75 Å². The number of halogens is 1. The van der Waals surface area contributed by atoms with Crippen molar-refractivity contribution in [3.8, 4) is 22.9 Å². The highest BCUT2D eigenvalue weighted by atomic mass is 19.1. The summed E-state index contributed by atoms with van der Waals surface area (Å²) in [6.45, 7) is 1.11. The Labute approximate surface area is 217 Å². The summed E-state index contributed by atoms with van der Waals surface area (Å²) in [5.74, 6) is 0.431. The first-order valence-electron chi connectivity index (χ1n) is 12.2. The van der Waals surface area contributed by atoms with Gasteiger partial charge in [-0.3, -0.25) is 9.59 Å². The van der Waals surface area contributed by atoms with E-state index in [9.17, 15) is 19.2 Å². The minimum absolute atomic E-state index is 0.101. The molecule has 1 aromatic carbocycles. The number of carbonyl (C=O) groups excluding carboxylic acids is 2. The third-order valence-electron chi connectivity index (χ3n) is 6.68. The molecule has 196 valence electrons. The first kappa shape index (κ1) is 25.3. The third kappa shape index (κ3) is 5.33. The number of nitrogens with zero attached hydrogens (tertiary/aromatic N) is 5. The van der Waals surface area contributed by atoms with Gasteiger partial charge in [-0.25, -0.2) is 9.37 Å². The molecule has 11 nitrogen and oxygen atoms in total. The van der Waals surface area contributed by atoms with Crippen molar-refractivity contribution in [3.63, 3.8) is 0 Å². The zero-order valence-electron chi connectivity index (χ0n) is 20.5. The van der Waals surface area contributed by atoms with Gasteiger partial charge in [-0.2, -0.15) is 5.26 Å². The number of alkyl halides is 1. The number of nitriles is 1. The van der Waals surface area contributed by atoms with Crippen LogP contribution in [0.2, 0.25) is 0 Å². The fourth-order valence-corrected chi connectivity index (χ4v) is 4.52. The van der Waals surface area contributed by atoms with Crippen molar-refractivity contribution in [2.24, 2.45) is 5.92 Å². The zero-order chi connectivity index (χ0) is 26.8. The summed E-state index contributed by atoms with van der Waals surface area (Å²) < 4.78 is 25.9. The summed E-state index contributed by atoms with van der Waals surface area (Å²) in [4.78, 5) is 29.8. The summed E-state index contributed by atoms with van der Waals surface area (Å²) >= 11 is 0. The topological polar surface area (TPSA) is 154 Å². The van der Waals surface area contributed by atoms with Crippen LogP contribution >= 0.6 is 0 Å². The van der Waals surface area contributed by atoms with Gasteiger partial charge in [-0.15, -0.1) is 10.2 Å². The second-order valence-electron chi connectivity index (χ2n) is 9.31. The van der Waals surface area contributed by atoms with Crippen molar-refractivity contribution in [1.29, 1.82) is 5.26 Å². The van der Waals surface area contributed by atoms with Crippen LogP contribution in [0.15, 0.2) is 40.9 Å². The number of anilines is 1. The molecule has 12 heteroatoms. The van der Waals surface area contributed by atoms with Gasteiger partial charge < -0.3 is 24.5 Å². The predicted octanol–water partition coefficient (Wildman–Crippen LogP) is 2.36. The standard InChI is InChI=1S/C26H25FN6O5/c1-14-31-32-26(37-14)19-10-18(19)25(36)30-23-9-16(4-6-29-23)15-2-3-21(17(8-15)11-28)38-22-5-7-33(12-20(22)27)24(35)13-34/h2-4,6,8-9,18-20,22,34H,5,7,10,12-13H2,1H3,(H,29,30,36)/t18?,19-,20-,22+/m1/s1. The Bertz CT molecular complexity index is 1400. The average Bonchev–Trinajstić information content (AvgIpc) is 3.62. The van der Waals surface area contributed by atoms with Crippen LogP contribution in [0.1, 0.15) is 36.1 Å². The Morgan fingerprint density at radius 3 is 2.82 bits per heavy atom. The summed E-state index contributed by atoms with van der Waals surface area (Å²) in [7, 11) is 0. The fraction of sp³-hybridized carbons (Fsp3) is 0.385. The van der Waals surface area contributed by atoms with Crippen LogP contribution in [0.3, 0.4) is 0 Å². The normalized spacial score (nSPS) is 22.4. The molecule has 1 aliphatic heterocycles. The van der Waals surface area contributed by atoms with Crippen molar-refractivity contribution < 1.29 is 28.2 Å². The van der Waals surface area contributed by atoms with E-state index in [2.05, 4.69) is 26.6 Å². The summed E-state index contributed by atoms with van der Waals surface area (Å²) in [6, 6.07) is 10.5. The maximum Gasteiger partial charge on any atom is 0.248 e. The van der Waals surface area contributed by atoms with Crippen LogP contribution in [-0.2, 0) is 9.59 Å². The molecule has 0 radical (unpaired) electrons. The van der Waals surface area contributed by atoms with Gasteiger partial charge in [0, 0.05) is 32.0 Å². The number of hydrogen-bond acceptors (Lipinski definition) is 9. The molecule has 2 aliphatic rings. The number of ether oxygens (including phenoxy) is 1. The van der Waals surface area contributed by atoms with E-state index in [1.807, 2.05) is 0 Å². The minimum atomic E-state index is -1.45. The Morgan fingerprint density at radius 1 is 1.29 bits per heavy atom. The van der Waals surface area contributed by atoms with Gasteiger partial charge in [0.25, 0.3) is 0 Å². The van der Waals surface area contributed by atoms with Crippen LogP contribution in [-0.4, -0.2) is 69.0 Å². The molecule has 0 spiro atoms. The molecule has 1 aliphatic carbocycles. The van der Waals surface area contributed by atoms with Crippen LogP contribution < -0.4 is 10.1 Å². The van der Waals surface area contributed by atoms with Gasteiger partial charge in [0.05, 0.1) is 18.0 Å². The number of aryl methyl sites for hydroxylation is 1. The number of likely N-dealkylation sites (tertiary alicyclic amines) is 1. The van der Waals surface area contributed by atoms with Crippen LogP contribution in [0, 0.1) is 24.2 Å². The van der Waals surface area contributed by atoms with Crippen molar-refractivity contribution in [2.45, 2.75) is 38.0 Å². The van der Waals surface area contributed by atoms with E-state index in [-0.39, 0.29) is 48.6 Å². The molecule has 1 saturated heterocycles. The minimum Gasteiger partial charge on any atom is -0.486 e. The molecule has 1 saturated carbocycles. The lowest BCUT2D eigenvalue weighted by atomic mass is 10.0. The molecule has 3 heterocycles. The number of benzene rings is 1. The number of aliphatic hydroxyl groups excluding tert-OH is 1. The molecular weight excluding hydrogens is 495 g/mol. The number of rotatable bonds is 7. The maximum absolute atomic E-state index is 14.7. The van der Waals surface area contributed by atoms with E-state index in [0.29, 0.717) is 29.6 Å². The van der Waals surface area contributed by atoms with Gasteiger partial charge in [-0.1, -0.05) is 6.07 Å². The molecule has 0 bridgehead atoms. The monoisotopic (exact) mass is 520 g/mol. The van der Waals surface area contributed by atoms with Gasteiger partial charge in [0.1, 0.15) is 30.3 Å². The Morgan fingerprint density at radius 2 is 2.11 bits per heavy atom. The van der Waals surface area contributed by atoms with Crippen LogP contribution in [0.4, 0.5) is 10.2 Å². The van der Waals surface area contributed by atoms with E-state index in [1.54, 1.807) is 43.5 Å². The average molecular weight is 521 g/mol. The molecule has 2 amide bonds. The molecule has 38 heavy (non-hydrogen) atoms. The number of aromatic nitrogens is 3. The van der Waals surface area contributed by atoms with E-state index in [4.69, 9.17) is 14.3 Å². The van der Waals surface area contributed by atoms with Gasteiger partial charge in [0.2, 0.25) is 23.6 Å². The van der Waals surface area contributed by atoms with E-state index < -0.39 is 24.8 Å². The van der Waals surface area contributed by atoms with Gasteiger partial charge in [-0.05, 0) is 41.8 Å². The first-order valence-corrected chi connectivity index (χ1v) is 12.2. The summed E-state index contributed by atoms with van der Waals surface area (Å²) in [6.07, 6.45) is 0.146. The molecule has 5 rings (SSSR count). The highest BCUT2D eigenvalue weighted by molar-refractivity contribution is 5.94. The van der Waals surface area contributed by atoms with Gasteiger partial charge in [0.15, 0.2) is 6.17 Å². The maximum atomic E-state index is 14.7. The number of hydrogen-bond donors (Lipinski definition) is 2. The Balaban J connectivity index is 1.25. The van der Waals surface area contributed by atoms with Crippen molar-refractivity contribution in [2.75, 3.05) is 25.0 Å². The van der Waals surface area contributed by atoms with E-state index in [1.165, 1.54) is 4.90 Å². The molecule has 1 unspecified atom stereocenters. The SMILES string of the molecule is Cc1nnc([C@@H]2CC2C(=O)Nc2cc(-c3ccc(O[C@H]4CCN(C(=O)CO)C[C@H]4F)c(C#N)c3)ccn2)o1. The lowest BCUT2D eigenvalue weighted by Gasteiger charge is -2.34. The Kier molecular flexibility index (Phi) is 7.02. The smallest absolute Gasteiger partial charge is 0.248 e. The quantitative estimate of drug-likeness (QED) is 0.478. The Hall–Kier alpha value is -4.37. The number of aliphatic hydroxyl groups is 1. The van der Waals surface area contributed by atoms with Crippen molar-refractivity contribution in [3.05, 3.63) is 53.9 Å². The predicted molar refractivity (Wildman–Crippen MR) is 130 cm³/mol. The van der Waals surface area contributed by atoms with Crippen molar-refractivity contribution >= 4 is 17.6 Å². The van der Waals surface area contributed by atoms with E-state index >= 15 is 0 Å². The van der Waals surface area contributed by atoms with Crippen molar-refractivity contribution in [1.82, 2.24) is 20.1 Å². The summed E-state index contributed by atoms with van der Waals surface area (Å²) in [5.41, 5.74) is 1.64. The molecule has 3 aromatic rings. The molecule has 4 atom stereocenters. The van der Waals surface area contributed by atoms with Crippen LogP contribution in [0.25, 0.3) is 11.1 Å².